The Morgan fingerprint density at radius 3 is 2.38 bits per heavy atom. The Morgan fingerprint density at radius 2 is 1.83 bits per heavy atom. The first-order chi connectivity index (χ1) is 13.7. The van der Waals surface area contributed by atoms with Crippen LogP contribution in [0.4, 0.5) is 5.69 Å². The largest absolute Gasteiger partial charge is 0.438 e. The number of H-pyrrole nitrogens is 1. The molecule has 154 valence electrons. The molecule has 0 bridgehead atoms. The summed E-state index contributed by atoms with van der Waals surface area (Å²) < 4.78 is 11.5. The minimum Gasteiger partial charge on any atom is -0.434 e. The molecule has 1 aromatic carbocycles. The fourth-order valence-electron chi connectivity index (χ4n) is 2.66. The normalized spacial score (nSPS) is 12.2. The van der Waals surface area contributed by atoms with E-state index >= 15 is 0 Å². The van der Waals surface area contributed by atoms with Crippen LogP contribution in [0, 0.1) is 0 Å². The number of aromatic amines is 1. The summed E-state index contributed by atoms with van der Waals surface area (Å²) in [5.41, 5.74) is 0.961. The molecule has 0 radical (unpaired) electrons. The molecule has 0 fully saturated rings. The highest BCUT2D eigenvalue weighted by atomic mass is 35.5. The smallest absolute Gasteiger partial charge is 0.434 e. The lowest BCUT2D eigenvalue weighted by molar-refractivity contribution is 0.379. The molecule has 1 atom stereocenters. The second-order valence-electron chi connectivity index (χ2n) is 6.74. The van der Waals surface area contributed by atoms with Gasteiger partial charge in [0, 0.05) is 24.4 Å². The highest BCUT2D eigenvalue weighted by Crippen LogP contribution is 2.39. The van der Waals surface area contributed by atoms with E-state index in [-0.39, 0.29) is 39.2 Å². The first-order valence-electron chi connectivity index (χ1n) is 8.73. The van der Waals surface area contributed by atoms with E-state index in [4.69, 9.17) is 27.9 Å². The summed E-state index contributed by atoms with van der Waals surface area (Å²) in [7, 11) is 1.55. The minimum atomic E-state index is -0.640. The molecule has 29 heavy (non-hydrogen) atoms. The van der Waals surface area contributed by atoms with Gasteiger partial charge in [-0.25, -0.2) is 9.48 Å². The number of aromatic nitrogens is 4. The van der Waals surface area contributed by atoms with E-state index in [9.17, 15) is 9.59 Å². The van der Waals surface area contributed by atoms with Crippen LogP contribution in [-0.4, -0.2) is 19.9 Å². The lowest BCUT2D eigenvalue weighted by atomic mass is 10.1. The molecule has 0 amide bonds. The highest BCUT2D eigenvalue weighted by molar-refractivity contribution is 6.37. The average molecular weight is 440 g/mol. The van der Waals surface area contributed by atoms with Gasteiger partial charge in [0.25, 0.3) is 5.56 Å². The van der Waals surface area contributed by atoms with Crippen LogP contribution in [-0.2, 0) is 7.05 Å². The summed E-state index contributed by atoms with van der Waals surface area (Å²) >= 11 is 12.7. The van der Waals surface area contributed by atoms with Gasteiger partial charge in [-0.15, -0.1) is 5.10 Å². The maximum Gasteiger partial charge on any atom is 0.438 e. The van der Waals surface area contributed by atoms with Crippen LogP contribution in [0.5, 0.6) is 11.6 Å². The summed E-state index contributed by atoms with van der Waals surface area (Å²) in [4.78, 5) is 25.7. The van der Waals surface area contributed by atoms with Gasteiger partial charge in [-0.1, -0.05) is 42.2 Å². The topological polar surface area (TPSA) is 115 Å². The third kappa shape index (κ3) is 4.63. The molecule has 3 aromatic rings. The molecule has 2 N–H and O–H groups in total. The summed E-state index contributed by atoms with van der Waals surface area (Å²) in [6.07, 6.45) is 0. The second kappa shape index (κ2) is 8.30. The molecule has 2 heterocycles. The molecule has 0 aliphatic rings. The van der Waals surface area contributed by atoms with Gasteiger partial charge < -0.3 is 10.1 Å². The quantitative estimate of drug-likeness (QED) is 0.598. The third-order valence-electron chi connectivity index (χ3n) is 4.15. The first kappa shape index (κ1) is 20.9. The zero-order valence-electron chi connectivity index (χ0n) is 16.1. The SMILES string of the molecule is CC(C)c1cc(Oc2c(Cl)cc(NC(C)c3noc(=O)[nH]3)cc2Cl)nn(C)c1=O. The molecule has 0 saturated heterocycles. The Morgan fingerprint density at radius 1 is 1.17 bits per heavy atom. The molecular formula is C18H19Cl2N5O4. The molecule has 1 unspecified atom stereocenters. The zero-order chi connectivity index (χ0) is 21.3. The van der Waals surface area contributed by atoms with E-state index in [2.05, 4.69) is 25.1 Å². The second-order valence-corrected chi connectivity index (χ2v) is 7.55. The summed E-state index contributed by atoms with van der Waals surface area (Å²) in [6, 6.07) is 4.44. The number of aryl methyl sites for hydroxylation is 1. The Kier molecular flexibility index (Phi) is 5.99. The van der Waals surface area contributed by atoms with Crippen molar-refractivity contribution in [2.45, 2.75) is 32.7 Å². The van der Waals surface area contributed by atoms with Crippen molar-refractivity contribution in [3.63, 3.8) is 0 Å². The van der Waals surface area contributed by atoms with Crippen LogP contribution < -0.4 is 21.4 Å². The van der Waals surface area contributed by atoms with Crippen LogP contribution in [0.3, 0.4) is 0 Å². The minimum absolute atomic E-state index is 0.000953. The van der Waals surface area contributed by atoms with Crippen LogP contribution >= 0.6 is 23.2 Å². The van der Waals surface area contributed by atoms with Gasteiger partial charge in [0.05, 0.1) is 16.1 Å². The molecule has 2 aromatic heterocycles. The number of benzene rings is 1. The molecular weight excluding hydrogens is 421 g/mol. The Labute approximate surface area is 175 Å². The maximum absolute atomic E-state index is 12.2. The van der Waals surface area contributed by atoms with E-state index in [0.29, 0.717) is 17.1 Å². The van der Waals surface area contributed by atoms with Gasteiger partial charge in [0.15, 0.2) is 11.6 Å². The van der Waals surface area contributed by atoms with Gasteiger partial charge in [0.1, 0.15) is 0 Å². The van der Waals surface area contributed by atoms with Crippen LogP contribution in [0.2, 0.25) is 10.0 Å². The molecule has 11 heteroatoms. The van der Waals surface area contributed by atoms with Gasteiger partial charge in [-0.2, -0.15) is 0 Å². The number of hydrogen-bond donors (Lipinski definition) is 2. The van der Waals surface area contributed by atoms with Gasteiger partial charge >= 0.3 is 5.76 Å². The summed E-state index contributed by atoms with van der Waals surface area (Å²) in [5, 5.41) is 11.3. The fourth-order valence-corrected chi connectivity index (χ4v) is 3.22. The van der Waals surface area contributed by atoms with Crippen molar-refractivity contribution in [3.8, 4) is 11.6 Å². The van der Waals surface area contributed by atoms with Crippen molar-refractivity contribution < 1.29 is 9.26 Å². The van der Waals surface area contributed by atoms with Gasteiger partial charge in [-0.05, 0) is 25.0 Å². The molecule has 0 aliphatic heterocycles. The average Bonchev–Trinajstić information content (AvgIpc) is 3.07. The van der Waals surface area contributed by atoms with Crippen molar-refractivity contribution in [3.05, 3.63) is 60.5 Å². The molecule has 3 rings (SSSR count). The Bertz CT molecular complexity index is 1130. The number of halogens is 2. The van der Waals surface area contributed by atoms with E-state index in [1.807, 2.05) is 13.8 Å². The lowest BCUT2D eigenvalue weighted by Crippen LogP contribution is -2.24. The lowest BCUT2D eigenvalue weighted by Gasteiger charge is -2.16. The Hall–Kier alpha value is -2.78. The summed E-state index contributed by atoms with van der Waals surface area (Å²) in [6.45, 7) is 5.59. The third-order valence-corrected chi connectivity index (χ3v) is 4.71. The number of hydrogen-bond acceptors (Lipinski definition) is 7. The predicted octanol–water partition coefficient (Wildman–Crippen LogP) is 3.85. The molecule has 0 aliphatic carbocycles. The van der Waals surface area contributed by atoms with E-state index in [1.165, 1.54) is 4.68 Å². The number of nitrogens with zero attached hydrogens (tertiary/aromatic N) is 3. The number of rotatable bonds is 6. The molecule has 0 spiro atoms. The predicted molar refractivity (Wildman–Crippen MR) is 109 cm³/mol. The zero-order valence-corrected chi connectivity index (χ0v) is 17.6. The Balaban J connectivity index is 1.87. The summed E-state index contributed by atoms with van der Waals surface area (Å²) in [5.74, 6) is 0.106. The first-order valence-corrected chi connectivity index (χ1v) is 9.49. The van der Waals surface area contributed by atoms with Crippen molar-refractivity contribution in [1.29, 1.82) is 0 Å². The fraction of sp³-hybridized carbons (Fsp3) is 0.333. The van der Waals surface area contributed by atoms with Crippen molar-refractivity contribution in [2.24, 2.45) is 7.05 Å². The van der Waals surface area contributed by atoms with Crippen LogP contribution in [0.1, 0.15) is 44.1 Å². The standard InChI is InChI=1S/C18H19Cl2N5O4/c1-8(2)11-7-14(23-25(4)17(11)26)28-15-12(19)5-10(6-13(15)20)21-9(3)16-22-18(27)29-24-16/h5-9,21H,1-4H3,(H,22,24,27). The molecule has 0 saturated carbocycles. The number of anilines is 1. The van der Waals surface area contributed by atoms with E-state index in [1.54, 1.807) is 32.2 Å². The van der Waals surface area contributed by atoms with Crippen molar-refractivity contribution >= 4 is 28.9 Å². The maximum atomic E-state index is 12.2. The monoisotopic (exact) mass is 439 g/mol. The number of nitrogens with one attached hydrogen (secondary N) is 2. The molecule has 9 nitrogen and oxygen atoms in total. The van der Waals surface area contributed by atoms with E-state index in [0.717, 1.165) is 0 Å². The highest BCUT2D eigenvalue weighted by Gasteiger charge is 2.17. The van der Waals surface area contributed by atoms with Crippen LogP contribution in [0.15, 0.2) is 32.3 Å². The van der Waals surface area contributed by atoms with Crippen molar-refractivity contribution in [1.82, 2.24) is 19.9 Å². The van der Waals surface area contributed by atoms with Gasteiger partial charge in [0.2, 0.25) is 5.88 Å². The van der Waals surface area contributed by atoms with Gasteiger partial charge in [-0.3, -0.25) is 14.3 Å². The number of ether oxygens (including phenoxy) is 1. The van der Waals surface area contributed by atoms with Crippen molar-refractivity contribution in [2.75, 3.05) is 5.32 Å². The van der Waals surface area contributed by atoms with E-state index < -0.39 is 5.76 Å². The van der Waals surface area contributed by atoms with Crippen LogP contribution in [0.25, 0.3) is 0 Å².